The highest BCUT2D eigenvalue weighted by Crippen LogP contribution is 2.02. The van der Waals surface area contributed by atoms with E-state index in [1.165, 1.54) is 0 Å². The van der Waals surface area contributed by atoms with Crippen molar-refractivity contribution in [2.75, 3.05) is 13.1 Å². The van der Waals surface area contributed by atoms with Gasteiger partial charge in [-0.3, -0.25) is 4.79 Å². The largest absolute Gasteiger partial charge is 0.330 e. The minimum absolute atomic E-state index is 0.0598. The van der Waals surface area contributed by atoms with Crippen molar-refractivity contribution in [3.63, 3.8) is 0 Å². The van der Waals surface area contributed by atoms with Crippen LogP contribution in [0.25, 0.3) is 0 Å². The van der Waals surface area contributed by atoms with Crippen molar-refractivity contribution in [2.45, 2.75) is 26.8 Å². The van der Waals surface area contributed by atoms with Gasteiger partial charge in [0, 0.05) is 6.54 Å². The molecule has 1 atom stereocenters. The summed E-state index contributed by atoms with van der Waals surface area (Å²) in [6.45, 7) is 6.69. The summed E-state index contributed by atoms with van der Waals surface area (Å²) in [5, 5.41) is 0. The molecule has 0 radical (unpaired) electrons. The Balaban J connectivity index is 4.29. The van der Waals surface area contributed by atoms with Gasteiger partial charge in [-0.2, -0.15) is 0 Å². The van der Waals surface area contributed by atoms with Crippen LogP contribution < -0.4 is 5.73 Å². The fourth-order valence-corrected chi connectivity index (χ4v) is 0.952. The molecule has 0 aromatic heterocycles. The smallest absolute Gasteiger partial charge is 0.240 e. The molecule has 0 heterocycles. The molecule has 0 saturated heterocycles. The van der Waals surface area contributed by atoms with Gasteiger partial charge in [0.05, 0.1) is 12.6 Å². The van der Waals surface area contributed by atoms with Gasteiger partial charge >= 0.3 is 0 Å². The monoisotopic (exact) mass is 182 g/mol. The second kappa shape index (κ2) is 5.60. The van der Waals surface area contributed by atoms with Gasteiger partial charge in [-0.15, -0.1) is 6.42 Å². The van der Waals surface area contributed by atoms with Crippen molar-refractivity contribution in [3.8, 4) is 12.3 Å². The Morgan fingerprint density at radius 1 is 1.62 bits per heavy atom. The summed E-state index contributed by atoms with van der Waals surface area (Å²) in [4.78, 5) is 13.2. The summed E-state index contributed by atoms with van der Waals surface area (Å²) in [6, 6.07) is -0.437. The summed E-state index contributed by atoms with van der Waals surface area (Å²) >= 11 is 0. The van der Waals surface area contributed by atoms with Crippen molar-refractivity contribution >= 4 is 5.91 Å². The van der Waals surface area contributed by atoms with Gasteiger partial charge in [0.2, 0.25) is 5.91 Å². The first-order valence-corrected chi connectivity index (χ1v) is 4.52. The molecule has 3 heteroatoms. The van der Waals surface area contributed by atoms with Gasteiger partial charge in [0.15, 0.2) is 0 Å². The Bertz CT molecular complexity index is 205. The van der Waals surface area contributed by atoms with Crippen LogP contribution in [-0.2, 0) is 4.79 Å². The lowest BCUT2D eigenvalue weighted by Crippen LogP contribution is -2.46. The minimum Gasteiger partial charge on any atom is -0.330 e. The number of likely N-dealkylation sites (N-methyl/N-ethyl adjacent to an activating group) is 1. The molecule has 0 aromatic rings. The van der Waals surface area contributed by atoms with Crippen LogP contribution in [0.1, 0.15) is 20.8 Å². The third-order valence-corrected chi connectivity index (χ3v) is 1.98. The van der Waals surface area contributed by atoms with Crippen LogP contribution >= 0.6 is 0 Å². The Morgan fingerprint density at radius 2 is 2.15 bits per heavy atom. The molecule has 0 rings (SSSR count). The van der Waals surface area contributed by atoms with Crippen LogP contribution in [0, 0.1) is 18.3 Å². The number of hydrogen-bond donors (Lipinski definition) is 1. The van der Waals surface area contributed by atoms with E-state index < -0.39 is 6.04 Å². The molecule has 2 N–H and O–H groups in total. The Morgan fingerprint density at radius 3 is 2.46 bits per heavy atom. The molecule has 0 aliphatic carbocycles. The molecule has 0 fully saturated rings. The predicted octanol–water partition coefficient (Wildman–Crippen LogP) is 0.451. The van der Waals surface area contributed by atoms with Gasteiger partial charge in [-0.05, 0) is 12.8 Å². The molecule has 0 aromatic carbocycles. The molecular formula is C10H18N2O. The maximum absolute atomic E-state index is 11.6. The van der Waals surface area contributed by atoms with E-state index in [0.717, 1.165) is 0 Å². The third kappa shape index (κ3) is 3.47. The average Bonchev–Trinajstić information content (AvgIpc) is 2.11. The molecule has 0 saturated carbocycles. The van der Waals surface area contributed by atoms with E-state index in [0.29, 0.717) is 13.1 Å². The molecular weight excluding hydrogens is 164 g/mol. The number of carbonyl (C=O) groups is 1. The number of nitrogens with zero attached hydrogens (tertiary/aromatic N) is 1. The zero-order valence-corrected chi connectivity index (χ0v) is 8.58. The predicted molar refractivity (Wildman–Crippen MR) is 53.9 cm³/mol. The van der Waals surface area contributed by atoms with E-state index in [9.17, 15) is 4.79 Å². The van der Waals surface area contributed by atoms with Crippen molar-refractivity contribution in [3.05, 3.63) is 0 Å². The van der Waals surface area contributed by atoms with Crippen molar-refractivity contribution in [2.24, 2.45) is 11.7 Å². The van der Waals surface area contributed by atoms with Crippen molar-refractivity contribution in [1.29, 1.82) is 0 Å². The molecule has 3 nitrogen and oxygen atoms in total. The Labute approximate surface area is 80.3 Å². The van der Waals surface area contributed by atoms with Crippen LogP contribution in [0.5, 0.6) is 0 Å². The standard InChI is InChI=1S/C10H18N2O/c1-5-7-12(6-2)10(13)9(11)8(3)4/h1,8-9H,6-7,11H2,2-4H3. The molecule has 74 valence electrons. The third-order valence-electron chi connectivity index (χ3n) is 1.98. The number of carbonyl (C=O) groups excluding carboxylic acids is 1. The van der Waals surface area contributed by atoms with Crippen molar-refractivity contribution in [1.82, 2.24) is 4.90 Å². The minimum atomic E-state index is -0.437. The lowest BCUT2D eigenvalue weighted by molar-refractivity contribution is -0.132. The quantitative estimate of drug-likeness (QED) is 0.642. The molecule has 1 unspecified atom stereocenters. The first kappa shape index (κ1) is 12.0. The number of hydrogen-bond acceptors (Lipinski definition) is 2. The fourth-order valence-electron chi connectivity index (χ4n) is 0.952. The molecule has 0 aliphatic heterocycles. The average molecular weight is 182 g/mol. The highest BCUT2D eigenvalue weighted by molar-refractivity contribution is 5.82. The number of amides is 1. The SMILES string of the molecule is C#CCN(CC)C(=O)C(N)C(C)C. The van der Waals surface area contributed by atoms with Crippen molar-refractivity contribution < 1.29 is 4.79 Å². The van der Waals surface area contributed by atoms with Crippen LogP contribution in [0.2, 0.25) is 0 Å². The van der Waals surface area contributed by atoms with Crippen LogP contribution in [0.3, 0.4) is 0 Å². The van der Waals surface area contributed by atoms with Gasteiger partial charge in [-0.1, -0.05) is 19.8 Å². The molecule has 0 aliphatic rings. The second-order valence-corrected chi connectivity index (χ2v) is 3.33. The Hall–Kier alpha value is -1.01. The zero-order chi connectivity index (χ0) is 10.4. The number of terminal acetylenes is 1. The Kier molecular flexibility index (Phi) is 5.17. The maximum Gasteiger partial charge on any atom is 0.240 e. The van der Waals surface area contributed by atoms with E-state index in [1.54, 1.807) is 4.90 Å². The zero-order valence-electron chi connectivity index (χ0n) is 8.58. The first-order valence-electron chi connectivity index (χ1n) is 4.52. The highest BCUT2D eigenvalue weighted by atomic mass is 16.2. The van der Waals surface area contributed by atoms with E-state index >= 15 is 0 Å². The summed E-state index contributed by atoms with van der Waals surface area (Å²) in [5.74, 6) is 2.54. The van der Waals surface area contributed by atoms with E-state index in [2.05, 4.69) is 5.92 Å². The number of rotatable bonds is 4. The first-order chi connectivity index (χ1) is 6.04. The summed E-state index contributed by atoms with van der Waals surface area (Å²) in [6.07, 6.45) is 5.13. The normalized spacial score (nSPS) is 12.3. The topological polar surface area (TPSA) is 46.3 Å². The molecule has 1 amide bonds. The molecule has 13 heavy (non-hydrogen) atoms. The van der Waals surface area contributed by atoms with E-state index in [4.69, 9.17) is 12.2 Å². The van der Waals surface area contributed by atoms with Crippen LogP contribution in [-0.4, -0.2) is 29.9 Å². The van der Waals surface area contributed by atoms with E-state index in [-0.39, 0.29) is 11.8 Å². The van der Waals surface area contributed by atoms with E-state index in [1.807, 2.05) is 20.8 Å². The highest BCUT2D eigenvalue weighted by Gasteiger charge is 2.21. The lowest BCUT2D eigenvalue weighted by atomic mass is 10.0. The van der Waals surface area contributed by atoms with Gasteiger partial charge in [-0.25, -0.2) is 0 Å². The summed E-state index contributed by atoms with van der Waals surface area (Å²) in [5.41, 5.74) is 5.71. The van der Waals surface area contributed by atoms with Gasteiger partial charge in [0.25, 0.3) is 0 Å². The second-order valence-electron chi connectivity index (χ2n) is 3.33. The van der Waals surface area contributed by atoms with Gasteiger partial charge in [0.1, 0.15) is 0 Å². The summed E-state index contributed by atoms with van der Waals surface area (Å²) in [7, 11) is 0. The molecule has 0 spiro atoms. The summed E-state index contributed by atoms with van der Waals surface area (Å²) < 4.78 is 0. The number of nitrogens with two attached hydrogens (primary N) is 1. The lowest BCUT2D eigenvalue weighted by Gasteiger charge is -2.24. The van der Waals surface area contributed by atoms with Gasteiger partial charge < -0.3 is 10.6 Å². The molecule has 0 bridgehead atoms. The maximum atomic E-state index is 11.6. The van der Waals surface area contributed by atoms with Crippen LogP contribution in [0.4, 0.5) is 0 Å². The van der Waals surface area contributed by atoms with Crippen LogP contribution in [0.15, 0.2) is 0 Å². The fraction of sp³-hybridized carbons (Fsp3) is 0.700.